The first-order valence-corrected chi connectivity index (χ1v) is 11.2. The lowest BCUT2D eigenvalue weighted by Gasteiger charge is -2.17. The molecule has 0 fully saturated rings. The summed E-state index contributed by atoms with van der Waals surface area (Å²) in [5, 5.41) is 3.14. The van der Waals surface area contributed by atoms with Gasteiger partial charge in [-0.15, -0.1) is 0 Å². The maximum atomic E-state index is 13.8. The van der Waals surface area contributed by atoms with Crippen molar-refractivity contribution in [1.29, 1.82) is 0 Å². The molecule has 0 saturated carbocycles. The Labute approximate surface area is 185 Å². The number of hydrogen-bond donors (Lipinski definition) is 2. The smallest absolute Gasteiger partial charge is 0.265 e. The van der Waals surface area contributed by atoms with Gasteiger partial charge in [-0.1, -0.05) is 30.7 Å². The van der Waals surface area contributed by atoms with Gasteiger partial charge in [0.25, 0.3) is 15.9 Å². The molecule has 0 aliphatic carbocycles. The molecule has 9 heteroatoms. The van der Waals surface area contributed by atoms with E-state index in [-0.39, 0.29) is 10.6 Å². The quantitative estimate of drug-likeness (QED) is 0.489. The second kappa shape index (κ2) is 9.80. The summed E-state index contributed by atoms with van der Waals surface area (Å²) in [5.41, 5.74) is 0.754. The molecule has 2 N–H and O–H groups in total. The predicted molar refractivity (Wildman–Crippen MR) is 118 cm³/mol. The zero-order valence-electron chi connectivity index (χ0n) is 16.5. The van der Waals surface area contributed by atoms with E-state index in [0.29, 0.717) is 22.8 Å². The van der Waals surface area contributed by atoms with Crippen LogP contribution in [0.15, 0.2) is 77.7 Å². The summed E-state index contributed by atoms with van der Waals surface area (Å²) in [6.45, 7) is 1.74. The Bertz CT molecular complexity index is 1150. The summed E-state index contributed by atoms with van der Waals surface area (Å²) < 4.78 is 46.8. The van der Waals surface area contributed by atoms with Gasteiger partial charge < -0.3 is 10.1 Å². The summed E-state index contributed by atoms with van der Waals surface area (Å²) in [4.78, 5) is 12.5. The van der Waals surface area contributed by atoms with Crippen molar-refractivity contribution in [3.63, 3.8) is 0 Å². The number of nitrogens with one attached hydrogen (secondary N) is 2. The van der Waals surface area contributed by atoms with Gasteiger partial charge in [-0.05, 0) is 67.1 Å². The van der Waals surface area contributed by atoms with E-state index in [9.17, 15) is 17.6 Å². The van der Waals surface area contributed by atoms with E-state index in [4.69, 9.17) is 16.3 Å². The molecule has 0 radical (unpaired) electrons. The van der Waals surface area contributed by atoms with Crippen LogP contribution < -0.4 is 14.8 Å². The van der Waals surface area contributed by atoms with Crippen LogP contribution in [-0.4, -0.2) is 20.4 Å². The van der Waals surface area contributed by atoms with Crippen LogP contribution in [0, 0.1) is 5.82 Å². The van der Waals surface area contributed by atoms with E-state index in [0.717, 1.165) is 0 Å². The first-order valence-electron chi connectivity index (χ1n) is 9.39. The molecule has 3 rings (SSSR count). The number of carbonyl (C=O) groups excluding carboxylic acids is 1. The van der Waals surface area contributed by atoms with E-state index >= 15 is 0 Å². The van der Waals surface area contributed by atoms with Crippen molar-refractivity contribution < 1.29 is 22.3 Å². The van der Waals surface area contributed by atoms with Gasteiger partial charge in [-0.2, -0.15) is 0 Å². The molecule has 0 heterocycles. The molecule has 0 aliphatic heterocycles. The maximum absolute atomic E-state index is 13.8. The van der Waals surface area contributed by atoms with Crippen LogP contribution in [0.2, 0.25) is 5.02 Å². The second-order valence-corrected chi connectivity index (χ2v) is 8.69. The van der Waals surface area contributed by atoms with E-state index in [1.165, 1.54) is 42.5 Å². The number of halogens is 2. The molecule has 162 valence electrons. The predicted octanol–water partition coefficient (Wildman–Crippen LogP) is 5.08. The van der Waals surface area contributed by atoms with Gasteiger partial charge in [0.15, 0.2) is 17.7 Å². The number of para-hydroxylation sites is 1. The normalized spacial score (nSPS) is 12.1. The minimum Gasteiger partial charge on any atom is -0.478 e. The minimum absolute atomic E-state index is 0.0146. The molecule has 6 nitrogen and oxygen atoms in total. The standard InChI is InChI=1S/C22H20ClFN2O4S/c1-2-20(30-21-6-4-3-5-19(21)24)22(27)25-16-11-13-18(14-12-16)31(28,29)26-17-9-7-15(23)8-10-17/h3-14,20,26H,2H2,1H3,(H,25,27)/t20-/m1/s1. The zero-order chi connectivity index (χ0) is 22.4. The van der Waals surface area contributed by atoms with Gasteiger partial charge in [0.05, 0.1) is 4.90 Å². The number of carbonyl (C=O) groups is 1. The number of sulfonamides is 1. The summed E-state index contributed by atoms with van der Waals surface area (Å²) >= 11 is 5.81. The van der Waals surface area contributed by atoms with Crippen LogP contribution in [0.1, 0.15) is 13.3 Å². The summed E-state index contributed by atoms with van der Waals surface area (Å²) in [6, 6.07) is 17.7. The minimum atomic E-state index is -3.81. The maximum Gasteiger partial charge on any atom is 0.265 e. The molecule has 0 unspecified atom stereocenters. The van der Waals surface area contributed by atoms with E-state index in [1.807, 2.05) is 0 Å². The summed E-state index contributed by atoms with van der Waals surface area (Å²) in [7, 11) is -3.81. The molecule has 1 atom stereocenters. The Kier molecular flexibility index (Phi) is 7.14. The molecule has 0 bridgehead atoms. The van der Waals surface area contributed by atoms with Gasteiger partial charge in [-0.3, -0.25) is 9.52 Å². The lowest BCUT2D eigenvalue weighted by molar-refractivity contribution is -0.122. The monoisotopic (exact) mass is 462 g/mol. The topological polar surface area (TPSA) is 84.5 Å². The third-order valence-electron chi connectivity index (χ3n) is 4.30. The number of ether oxygens (including phenoxy) is 1. The first kappa shape index (κ1) is 22.6. The molecular formula is C22H20ClFN2O4S. The molecule has 31 heavy (non-hydrogen) atoms. The van der Waals surface area contributed by atoms with Gasteiger partial charge in [0.2, 0.25) is 0 Å². The second-order valence-electron chi connectivity index (χ2n) is 6.57. The molecule has 0 aromatic heterocycles. The Morgan fingerprint density at radius 1 is 1.00 bits per heavy atom. The average Bonchev–Trinajstić information content (AvgIpc) is 2.75. The van der Waals surface area contributed by atoms with Crippen molar-refractivity contribution in [2.75, 3.05) is 10.0 Å². The average molecular weight is 463 g/mol. The van der Waals surface area contributed by atoms with Crippen LogP contribution in [0.25, 0.3) is 0 Å². The fourth-order valence-corrected chi connectivity index (χ4v) is 3.87. The highest BCUT2D eigenvalue weighted by molar-refractivity contribution is 7.92. The van der Waals surface area contributed by atoms with Crippen LogP contribution >= 0.6 is 11.6 Å². The highest BCUT2D eigenvalue weighted by atomic mass is 35.5. The third kappa shape index (κ3) is 5.96. The van der Waals surface area contributed by atoms with Gasteiger partial charge in [-0.25, -0.2) is 12.8 Å². The third-order valence-corrected chi connectivity index (χ3v) is 5.95. The van der Waals surface area contributed by atoms with Gasteiger partial charge >= 0.3 is 0 Å². The highest BCUT2D eigenvalue weighted by Crippen LogP contribution is 2.21. The van der Waals surface area contributed by atoms with Crippen LogP contribution in [0.4, 0.5) is 15.8 Å². The fourth-order valence-electron chi connectivity index (χ4n) is 2.69. The lowest BCUT2D eigenvalue weighted by atomic mass is 10.2. The molecule has 3 aromatic rings. The SMILES string of the molecule is CC[C@@H](Oc1ccccc1F)C(=O)Nc1ccc(S(=O)(=O)Nc2ccc(Cl)cc2)cc1. The molecule has 3 aromatic carbocycles. The molecule has 0 spiro atoms. The summed E-state index contributed by atoms with van der Waals surface area (Å²) in [5.74, 6) is -1.05. The van der Waals surface area contributed by atoms with Crippen LogP contribution in [0.3, 0.4) is 0 Å². The van der Waals surface area contributed by atoms with Crippen LogP contribution in [-0.2, 0) is 14.8 Å². The number of hydrogen-bond acceptors (Lipinski definition) is 4. The molecule has 0 aliphatic rings. The van der Waals surface area contributed by atoms with E-state index in [1.54, 1.807) is 37.3 Å². The van der Waals surface area contributed by atoms with Gasteiger partial charge in [0.1, 0.15) is 0 Å². The summed E-state index contributed by atoms with van der Waals surface area (Å²) in [6.07, 6.45) is -0.593. The Hall–Kier alpha value is -3.10. The fraction of sp³-hybridized carbons (Fsp3) is 0.136. The number of anilines is 2. The first-order chi connectivity index (χ1) is 14.8. The van der Waals surface area contributed by atoms with E-state index < -0.39 is 27.9 Å². The molecular weight excluding hydrogens is 443 g/mol. The lowest BCUT2D eigenvalue weighted by Crippen LogP contribution is -2.32. The molecule has 1 amide bonds. The van der Waals surface area contributed by atoms with Crippen LogP contribution in [0.5, 0.6) is 5.75 Å². The largest absolute Gasteiger partial charge is 0.478 e. The Balaban J connectivity index is 1.67. The molecule has 0 saturated heterocycles. The van der Waals surface area contributed by atoms with Crippen molar-refractivity contribution >= 4 is 38.9 Å². The highest BCUT2D eigenvalue weighted by Gasteiger charge is 2.20. The van der Waals surface area contributed by atoms with Gasteiger partial charge in [0, 0.05) is 16.4 Å². The van der Waals surface area contributed by atoms with Crippen molar-refractivity contribution in [1.82, 2.24) is 0 Å². The van der Waals surface area contributed by atoms with Crippen molar-refractivity contribution in [2.45, 2.75) is 24.3 Å². The van der Waals surface area contributed by atoms with Crippen molar-refractivity contribution in [3.05, 3.63) is 83.6 Å². The van der Waals surface area contributed by atoms with E-state index in [2.05, 4.69) is 10.0 Å². The van der Waals surface area contributed by atoms with Crippen molar-refractivity contribution in [3.8, 4) is 5.75 Å². The number of amides is 1. The number of rotatable bonds is 8. The van der Waals surface area contributed by atoms with Crippen molar-refractivity contribution in [2.24, 2.45) is 0 Å². The zero-order valence-corrected chi connectivity index (χ0v) is 18.1. The Morgan fingerprint density at radius 3 is 2.23 bits per heavy atom. The Morgan fingerprint density at radius 2 is 1.61 bits per heavy atom. The number of benzene rings is 3.